The minimum atomic E-state index is -1.42. The predicted octanol–water partition coefficient (Wildman–Crippen LogP) is 0.626. The Balaban J connectivity index is 1.88. The van der Waals surface area contributed by atoms with Gasteiger partial charge in [-0.1, -0.05) is 31.2 Å². The van der Waals surface area contributed by atoms with Crippen LogP contribution in [0.15, 0.2) is 24.3 Å². The van der Waals surface area contributed by atoms with Crippen molar-refractivity contribution in [2.75, 3.05) is 6.61 Å². The Morgan fingerprint density at radius 2 is 1.63 bits per heavy atom. The zero-order valence-electron chi connectivity index (χ0n) is 15.9. The first-order valence-electron chi connectivity index (χ1n) is 9.30. The normalized spacial score (nSPS) is 28.5. The average molecular weight is 376 g/mol. The first kappa shape index (κ1) is 20.0. The Labute approximate surface area is 158 Å². The van der Waals surface area contributed by atoms with Crippen molar-refractivity contribution in [1.29, 1.82) is 0 Å². The van der Waals surface area contributed by atoms with E-state index in [0.29, 0.717) is 6.42 Å². The van der Waals surface area contributed by atoms with Crippen molar-refractivity contribution in [2.24, 2.45) is 0 Å². The molecule has 148 valence electrons. The van der Waals surface area contributed by atoms with E-state index in [-0.39, 0.29) is 0 Å². The van der Waals surface area contributed by atoms with Crippen molar-refractivity contribution in [3.63, 3.8) is 0 Å². The second-order valence-electron chi connectivity index (χ2n) is 7.16. The van der Waals surface area contributed by atoms with Gasteiger partial charge < -0.3 is 25.2 Å². The van der Waals surface area contributed by atoms with Crippen molar-refractivity contribution < 1.29 is 25.2 Å². The van der Waals surface area contributed by atoms with Gasteiger partial charge in [0.15, 0.2) is 6.23 Å². The lowest BCUT2D eigenvalue weighted by molar-refractivity contribution is -0.254. The fourth-order valence-electron chi connectivity index (χ4n) is 3.58. The number of ether oxygens (including phenoxy) is 1. The molecule has 1 aromatic heterocycles. The van der Waals surface area contributed by atoms with Crippen LogP contribution in [-0.4, -0.2) is 61.2 Å². The molecule has 7 nitrogen and oxygen atoms in total. The first-order chi connectivity index (χ1) is 12.9. The summed E-state index contributed by atoms with van der Waals surface area (Å²) in [6.07, 6.45) is -4.40. The van der Waals surface area contributed by atoms with Gasteiger partial charge in [0.05, 0.1) is 12.3 Å². The van der Waals surface area contributed by atoms with Crippen molar-refractivity contribution in [3.8, 4) is 0 Å². The van der Waals surface area contributed by atoms with E-state index in [2.05, 4.69) is 36.3 Å². The van der Waals surface area contributed by atoms with Gasteiger partial charge in [-0.15, -0.1) is 0 Å². The van der Waals surface area contributed by atoms with Gasteiger partial charge in [-0.3, -0.25) is 0 Å². The summed E-state index contributed by atoms with van der Waals surface area (Å²) in [5.74, 6) is 0. The molecule has 0 bridgehead atoms. The van der Waals surface area contributed by atoms with E-state index in [4.69, 9.17) is 4.74 Å². The molecule has 1 aliphatic heterocycles. The van der Waals surface area contributed by atoms with Crippen LogP contribution >= 0.6 is 0 Å². The lowest BCUT2D eigenvalue weighted by Gasteiger charge is -2.40. The molecule has 1 aliphatic rings. The van der Waals surface area contributed by atoms with Crippen LogP contribution in [0, 0.1) is 13.8 Å². The maximum absolute atomic E-state index is 10.4. The van der Waals surface area contributed by atoms with Crippen LogP contribution in [0.2, 0.25) is 0 Å². The largest absolute Gasteiger partial charge is 0.394 e. The maximum atomic E-state index is 10.4. The van der Waals surface area contributed by atoms with E-state index in [1.165, 1.54) is 10.2 Å². The van der Waals surface area contributed by atoms with Crippen LogP contribution in [0.4, 0.5) is 0 Å². The minimum Gasteiger partial charge on any atom is -0.394 e. The van der Waals surface area contributed by atoms with Gasteiger partial charge in [0, 0.05) is 17.7 Å². The van der Waals surface area contributed by atoms with Crippen molar-refractivity contribution >= 4 is 0 Å². The third kappa shape index (κ3) is 3.79. The second-order valence-corrected chi connectivity index (χ2v) is 7.16. The molecule has 5 atom stereocenters. The predicted molar refractivity (Wildman–Crippen MR) is 99.3 cm³/mol. The highest BCUT2D eigenvalue weighted by Crippen LogP contribution is 2.31. The Hall–Kier alpha value is -1.77. The van der Waals surface area contributed by atoms with E-state index in [1.54, 1.807) is 0 Å². The van der Waals surface area contributed by atoms with Crippen LogP contribution < -0.4 is 0 Å². The summed E-state index contributed by atoms with van der Waals surface area (Å²) in [7, 11) is 0. The summed E-state index contributed by atoms with van der Waals surface area (Å²) in [5, 5.41) is 44.3. The molecule has 0 spiro atoms. The Bertz CT molecular complexity index is 771. The summed E-state index contributed by atoms with van der Waals surface area (Å²) in [6, 6.07) is 8.43. The lowest BCUT2D eigenvalue weighted by atomic mass is 9.98. The van der Waals surface area contributed by atoms with Gasteiger partial charge in [0.1, 0.15) is 24.4 Å². The van der Waals surface area contributed by atoms with Gasteiger partial charge in [0.25, 0.3) is 0 Å². The van der Waals surface area contributed by atoms with Gasteiger partial charge in [0.2, 0.25) is 0 Å². The standard InChI is InChI=1S/C20H28N2O5/c1-4-13-5-7-14(8-6-13)9-15-11(2)21-22(12(15)3)20-19(26)18(25)17(24)16(10-23)27-20/h5-8,16-20,23-26H,4,9-10H2,1-3H3/t16?,17-,18?,19-,20?/m1/s1. The van der Waals surface area contributed by atoms with E-state index >= 15 is 0 Å². The molecule has 4 N–H and O–H groups in total. The highest BCUT2D eigenvalue weighted by molar-refractivity contribution is 5.33. The SMILES string of the molecule is CCc1ccc(Cc2c(C)nn(C3OC(CO)[C@@H](O)C(O)[C@H]3O)c2C)cc1. The molecule has 0 aliphatic carbocycles. The van der Waals surface area contributed by atoms with Crippen LogP contribution in [0.25, 0.3) is 0 Å². The molecule has 3 unspecified atom stereocenters. The zero-order chi connectivity index (χ0) is 19.7. The number of aromatic nitrogens is 2. The molecule has 1 aromatic carbocycles. The van der Waals surface area contributed by atoms with Gasteiger partial charge in [-0.25, -0.2) is 4.68 Å². The molecule has 1 fully saturated rings. The topological polar surface area (TPSA) is 108 Å². The molecule has 27 heavy (non-hydrogen) atoms. The van der Waals surface area contributed by atoms with Gasteiger partial charge >= 0.3 is 0 Å². The smallest absolute Gasteiger partial charge is 0.179 e. The second kappa shape index (κ2) is 8.08. The van der Waals surface area contributed by atoms with Crippen molar-refractivity contribution in [1.82, 2.24) is 9.78 Å². The summed E-state index contributed by atoms with van der Waals surface area (Å²) in [6.45, 7) is 5.44. The molecule has 3 rings (SSSR count). The van der Waals surface area contributed by atoms with Crippen LogP contribution in [0.5, 0.6) is 0 Å². The van der Waals surface area contributed by atoms with Crippen LogP contribution in [-0.2, 0) is 17.6 Å². The van der Waals surface area contributed by atoms with Crippen LogP contribution in [0.1, 0.15) is 41.2 Å². The minimum absolute atomic E-state index is 0.461. The molecule has 0 radical (unpaired) electrons. The van der Waals surface area contributed by atoms with E-state index in [1.807, 2.05) is 13.8 Å². The first-order valence-corrected chi connectivity index (χ1v) is 9.30. The molecular weight excluding hydrogens is 348 g/mol. The van der Waals surface area contributed by atoms with Crippen molar-refractivity contribution in [2.45, 2.75) is 64.3 Å². The number of rotatable bonds is 5. The monoisotopic (exact) mass is 376 g/mol. The third-order valence-electron chi connectivity index (χ3n) is 5.40. The van der Waals surface area contributed by atoms with E-state index in [0.717, 1.165) is 28.9 Å². The highest BCUT2D eigenvalue weighted by atomic mass is 16.6. The number of benzene rings is 1. The van der Waals surface area contributed by atoms with Gasteiger partial charge in [-0.05, 0) is 31.4 Å². The summed E-state index contributed by atoms with van der Waals surface area (Å²) >= 11 is 0. The number of aryl methyl sites for hydroxylation is 2. The number of hydrogen-bond acceptors (Lipinski definition) is 6. The van der Waals surface area contributed by atoms with E-state index < -0.39 is 37.3 Å². The lowest BCUT2D eigenvalue weighted by Crippen LogP contribution is -2.56. The Morgan fingerprint density at radius 1 is 1.00 bits per heavy atom. The molecule has 0 amide bonds. The highest BCUT2D eigenvalue weighted by Gasteiger charge is 2.45. The van der Waals surface area contributed by atoms with Gasteiger partial charge in [-0.2, -0.15) is 5.10 Å². The fourth-order valence-corrected chi connectivity index (χ4v) is 3.58. The Kier molecular flexibility index (Phi) is 5.98. The summed E-state index contributed by atoms with van der Waals surface area (Å²) in [4.78, 5) is 0. The molecule has 0 saturated carbocycles. The third-order valence-corrected chi connectivity index (χ3v) is 5.40. The Morgan fingerprint density at radius 3 is 2.22 bits per heavy atom. The molecule has 2 heterocycles. The fraction of sp³-hybridized carbons (Fsp3) is 0.550. The number of hydrogen-bond donors (Lipinski definition) is 4. The maximum Gasteiger partial charge on any atom is 0.179 e. The van der Waals surface area contributed by atoms with E-state index in [9.17, 15) is 20.4 Å². The van der Waals surface area contributed by atoms with Crippen LogP contribution in [0.3, 0.4) is 0 Å². The number of aliphatic hydroxyl groups is 4. The zero-order valence-corrected chi connectivity index (χ0v) is 15.9. The molecule has 2 aromatic rings. The quantitative estimate of drug-likeness (QED) is 0.610. The average Bonchev–Trinajstić information content (AvgIpc) is 2.95. The number of aliphatic hydroxyl groups excluding tert-OH is 4. The molecule has 7 heteroatoms. The molecule has 1 saturated heterocycles. The van der Waals surface area contributed by atoms with Crippen molar-refractivity contribution in [3.05, 3.63) is 52.3 Å². The summed E-state index contributed by atoms with van der Waals surface area (Å²) < 4.78 is 7.17. The summed E-state index contributed by atoms with van der Waals surface area (Å²) in [5.41, 5.74) is 5.09. The molecular formula is C20H28N2O5. The number of nitrogens with zero attached hydrogens (tertiary/aromatic N) is 2.